The Bertz CT molecular complexity index is 2170. The van der Waals surface area contributed by atoms with Gasteiger partial charge in [-0.05, 0) is 109 Å². The third-order valence-electron chi connectivity index (χ3n) is 8.73. The van der Waals surface area contributed by atoms with Crippen LogP contribution in [0.1, 0.15) is 22.3 Å². The summed E-state index contributed by atoms with van der Waals surface area (Å²) >= 11 is 1.77. The van der Waals surface area contributed by atoms with Crippen molar-refractivity contribution in [2.45, 2.75) is 17.7 Å². The van der Waals surface area contributed by atoms with Gasteiger partial charge < -0.3 is 0 Å². The van der Waals surface area contributed by atoms with Crippen molar-refractivity contribution in [1.82, 2.24) is 0 Å². The highest BCUT2D eigenvalue weighted by Crippen LogP contribution is 2.41. The standard InChI is InChI=1S/C42H30S/c1-28-35(17-4-2-11-29-12-3-7-22-42(29)43-28)34-16-9-15-32(26-34)30-13-8-14-31(25-30)33-23-24-40-38-21-10-20-37(38)36-18-5-6-19-39(36)41(40)27-33/h2-10,12-20,22-27H,1,11,21H2/b4-2-,35-17+. The van der Waals surface area contributed by atoms with Crippen molar-refractivity contribution < 1.29 is 0 Å². The molecule has 0 unspecified atom stereocenters. The second-order valence-electron chi connectivity index (χ2n) is 11.3. The highest BCUT2D eigenvalue weighted by molar-refractivity contribution is 8.03. The van der Waals surface area contributed by atoms with Gasteiger partial charge in [-0.15, -0.1) is 0 Å². The van der Waals surface area contributed by atoms with E-state index in [1.165, 1.54) is 76.5 Å². The molecular weight excluding hydrogens is 537 g/mol. The molecule has 0 amide bonds. The number of allylic oxidation sites excluding steroid dienone is 5. The molecule has 0 spiro atoms. The summed E-state index contributed by atoms with van der Waals surface area (Å²) in [5, 5.41) is 5.37. The van der Waals surface area contributed by atoms with Crippen molar-refractivity contribution in [1.29, 1.82) is 0 Å². The Balaban J connectivity index is 1.17. The predicted octanol–water partition coefficient (Wildman–Crippen LogP) is 11.7. The number of hydrogen-bond acceptors (Lipinski definition) is 1. The summed E-state index contributed by atoms with van der Waals surface area (Å²) in [6, 6.07) is 42.3. The van der Waals surface area contributed by atoms with E-state index in [-0.39, 0.29) is 0 Å². The Morgan fingerprint density at radius 3 is 2.07 bits per heavy atom. The summed E-state index contributed by atoms with van der Waals surface area (Å²) in [7, 11) is 0. The number of fused-ring (bicyclic) bond motifs is 7. The fraction of sp³-hybridized carbons (Fsp3) is 0.0476. The number of rotatable bonds is 3. The molecule has 6 aromatic carbocycles. The van der Waals surface area contributed by atoms with E-state index in [9.17, 15) is 0 Å². The molecule has 0 atom stereocenters. The van der Waals surface area contributed by atoms with Crippen molar-refractivity contribution in [2.75, 3.05) is 0 Å². The molecule has 0 N–H and O–H groups in total. The van der Waals surface area contributed by atoms with Gasteiger partial charge in [0.1, 0.15) is 0 Å². The smallest absolute Gasteiger partial charge is 0.0157 e. The summed E-state index contributed by atoms with van der Waals surface area (Å²) in [5.41, 5.74) is 11.4. The van der Waals surface area contributed by atoms with Crippen LogP contribution in [-0.2, 0) is 12.8 Å². The van der Waals surface area contributed by atoms with Crippen molar-refractivity contribution in [3.8, 4) is 22.3 Å². The maximum Gasteiger partial charge on any atom is 0.0157 e. The van der Waals surface area contributed by atoms with E-state index in [1.54, 1.807) is 11.8 Å². The van der Waals surface area contributed by atoms with Crippen LogP contribution in [0, 0.1) is 0 Å². The largest absolute Gasteiger partial charge is 0.0898 e. The topological polar surface area (TPSA) is 0 Å². The average molecular weight is 567 g/mol. The van der Waals surface area contributed by atoms with Crippen LogP contribution in [0.15, 0.2) is 156 Å². The summed E-state index contributed by atoms with van der Waals surface area (Å²) in [6.45, 7) is 4.50. The third-order valence-corrected chi connectivity index (χ3v) is 9.81. The van der Waals surface area contributed by atoms with Crippen LogP contribution in [0.25, 0.3) is 55.4 Å². The predicted molar refractivity (Wildman–Crippen MR) is 187 cm³/mol. The zero-order chi connectivity index (χ0) is 28.8. The van der Waals surface area contributed by atoms with Gasteiger partial charge in [0.2, 0.25) is 0 Å². The van der Waals surface area contributed by atoms with Crippen LogP contribution in [0.5, 0.6) is 0 Å². The van der Waals surface area contributed by atoms with Crippen molar-refractivity contribution >= 4 is 45.0 Å². The first-order valence-electron chi connectivity index (χ1n) is 14.9. The summed E-state index contributed by atoms with van der Waals surface area (Å²) in [6.07, 6.45) is 13.1. The molecule has 0 saturated heterocycles. The lowest BCUT2D eigenvalue weighted by Gasteiger charge is -2.14. The summed E-state index contributed by atoms with van der Waals surface area (Å²) in [4.78, 5) is 2.34. The maximum atomic E-state index is 4.50. The molecular formula is C42H30S. The molecule has 8 rings (SSSR count). The number of benzene rings is 6. The van der Waals surface area contributed by atoms with Crippen LogP contribution >= 0.6 is 11.8 Å². The number of thioether (sulfide) groups is 1. The van der Waals surface area contributed by atoms with E-state index in [4.69, 9.17) is 0 Å². The molecule has 2 aliphatic rings. The van der Waals surface area contributed by atoms with Gasteiger partial charge in [0.15, 0.2) is 0 Å². The van der Waals surface area contributed by atoms with Crippen LogP contribution in [0.3, 0.4) is 0 Å². The highest BCUT2D eigenvalue weighted by Gasteiger charge is 2.16. The SMILES string of the molecule is C=C1Sc2ccccc2C/C=C\C=C/1c1cccc(-c2cccc(-c3ccc4c5c(c6ccccc6c4c3)C=CC5)c2)c1. The minimum atomic E-state index is 0.928. The normalized spacial score (nSPS) is 16.2. The molecule has 1 heterocycles. The lowest BCUT2D eigenvalue weighted by atomic mass is 9.90. The molecule has 1 aliphatic carbocycles. The van der Waals surface area contributed by atoms with Crippen molar-refractivity contribution in [2.24, 2.45) is 0 Å². The average Bonchev–Trinajstić information content (AvgIpc) is 3.58. The minimum absolute atomic E-state index is 0.928. The van der Waals surface area contributed by atoms with E-state index in [2.05, 4.69) is 152 Å². The van der Waals surface area contributed by atoms with E-state index in [0.717, 1.165) is 17.7 Å². The quantitative estimate of drug-likeness (QED) is 0.192. The molecule has 6 aromatic rings. The van der Waals surface area contributed by atoms with Gasteiger partial charge in [-0.3, -0.25) is 0 Å². The van der Waals surface area contributed by atoms with Crippen LogP contribution < -0.4 is 0 Å². The first-order valence-corrected chi connectivity index (χ1v) is 15.7. The molecule has 0 bridgehead atoms. The first-order chi connectivity index (χ1) is 21.2. The van der Waals surface area contributed by atoms with Crippen molar-refractivity contribution in [3.05, 3.63) is 173 Å². The second-order valence-corrected chi connectivity index (χ2v) is 12.4. The van der Waals surface area contributed by atoms with Crippen LogP contribution in [-0.4, -0.2) is 0 Å². The Kier molecular flexibility index (Phi) is 6.47. The van der Waals surface area contributed by atoms with Gasteiger partial charge in [-0.2, -0.15) is 0 Å². The minimum Gasteiger partial charge on any atom is -0.0898 e. The van der Waals surface area contributed by atoms with Gasteiger partial charge >= 0.3 is 0 Å². The van der Waals surface area contributed by atoms with E-state index in [0.29, 0.717) is 0 Å². The third kappa shape index (κ3) is 4.67. The number of hydrogen-bond donors (Lipinski definition) is 0. The van der Waals surface area contributed by atoms with Gasteiger partial charge in [-0.1, -0.05) is 140 Å². The van der Waals surface area contributed by atoms with Gasteiger partial charge in [0.25, 0.3) is 0 Å². The molecule has 0 saturated carbocycles. The Hall–Kier alpha value is -4.85. The Morgan fingerprint density at radius 1 is 0.535 bits per heavy atom. The molecule has 1 heteroatoms. The zero-order valence-electron chi connectivity index (χ0n) is 23.9. The fourth-order valence-electron chi connectivity index (χ4n) is 6.59. The molecule has 0 nitrogen and oxygen atoms in total. The van der Waals surface area contributed by atoms with Gasteiger partial charge in [0.05, 0.1) is 0 Å². The van der Waals surface area contributed by atoms with Crippen LogP contribution in [0.4, 0.5) is 0 Å². The van der Waals surface area contributed by atoms with Gasteiger partial charge in [0, 0.05) is 9.80 Å². The second kappa shape index (κ2) is 10.8. The maximum absolute atomic E-state index is 4.50. The van der Waals surface area contributed by atoms with E-state index in [1.807, 2.05) is 0 Å². The van der Waals surface area contributed by atoms with E-state index < -0.39 is 0 Å². The summed E-state index contributed by atoms with van der Waals surface area (Å²) in [5.74, 6) is 0. The molecule has 204 valence electrons. The van der Waals surface area contributed by atoms with Crippen molar-refractivity contribution in [3.63, 3.8) is 0 Å². The van der Waals surface area contributed by atoms with Gasteiger partial charge in [-0.25, -0.2) is 0 Å². The highest BCUT2D eigenvalue weighted by atomic mass is 32.2. The van der Waals surface area contributed by atoms with E-state index >= 15 is 0 Å². The lowest BCUT2D eigenvalue weighted by molar-refractivity contribution is 1.18. The Morgan fingerprint density at radius 2 is 1.23 bits per heavy atom. The molecule has 0 aromatic heterocycles. The first kappa shape index (κ1) is 25.8. The molecule has 43 heavy (non-hydrogen) atoms. The monoisotopic (exact) mass is 566 g/mol. The molecule has 0 fully saturated rings. The fourth-order valence-corrected chi connectivity index (χ4v) is 7.58. The Labute approximate surface area is 257 Å². The molecule has 0 radical (unpaired) electrons. The van der Waals surface area contributed by atoms with Crippen LogP contribution in [0.2, 0.25) is 0 Å². The lowest BCUT2D eigenvalue weighted by Crippen LogP contribution is -1.90. The summed E-state index contributed by atoms with van der Waals surface area (Å²) < 4.78 is 0. The molecule has 1 aliphatic heterocycles. The zero-order valence-corrected chi connectivity index (χ0v) is 24.7.